The Balaban J connectivity index is 1.44. The number of ether oxygens (including phenoxy) is 1. The molecule has 7 heteroatoms. The highest BCUT2D eigenvalue weighted by Crippen LogP contribution is 2.40. The fourth-order valence-corrected chi connectivity index (χ4v) is 3.46. The molecule has 0 spiro atoms. The van der Waals surface area contributed by atoms with Gasteiger partial charge in [-0.1, -0.05) is 30.0 Å². The second kappa shape index (κ2) is 8.89. The summed E-state index contributed by atoms with van der Waals surface area (Å²) in [5.74, 6) is 2.72. The van der Waals surface area contributed by atoms with Crippen LogP contribution in [0.2, 0.25) is 0 Å². The van der Waals surface area contributed by atoms with Crippen molar-refractivity contribution in [1.82, 2.24) is 20.1 Å². The van der Waals surface area contributed by atoms with E-state index in [0.717, 1.165) is 23.2 Å². The molecule has 1 amide bonds. The maximum Gasteiger partial charge on any atom is 0.230 e. The Morgan fingerprint density at radius 3 is 2.81 bits per heavy atom. The number of carbonyl (C=O) groups excluding carboxylic acids is 1. The van der Waals surface area contributed by atoms with Crippen molar-refractivity contribution >= 4 is 17.7 Å². The molecule has 6 nitrogen and oxygen atoms in total. The molecule has 0 saturated heterocycles. The van der Waals surface area contributed by atoms with Gasteiger partial charge in [-0.3, -0.25) is 4.79 Å². The predicted molar refractivity (Wildman–Crippen MR) is 103 cm³/mol. The third-order valence-corrected chi connectivity index (χ3v) is 5.19. The molecule has 0 bridgehead atoms. The third-order valence-electron chi connectivity index (χ3n) is 4.23. The van der Waals surface area contributed by atoms with E-state index in [-0.39, 0.29) is 5.91 Å². The number of methoxy groups -OCH3 is 1. The van der Waals surface area contributed by atoms with E-state index in [4.69, 9.17) is 4.74 Å². The zero-order valence-corrected chi connectivity index (χ0v) is 15.8. The van der Waals surface area contributed by atoms with E-state index in [9.17, 15) is 4.79 Å². The first-order valence-corrected chi connectivity index (χ1v) is 9.76. The number of rotatable bonds is 10. The molecule has 0 aliphatic heterocycles. The Bertz CT molecular complexity index is 753. The van der Waals surface area contributed by atoms with Gasteiger partial charge in [0.2, 0.25) is 5.91 Å². The Hall–Kier alpha value is -2.28. The van der Waals surface area contributed by atoms with Crippen LogP contribution in [0.15, 0.2) is 42.1 Å². The molecular weight excluding hydrogens is 348 g/mol. The zero-order valence-electron chi connectivity index (χ0n) is 15.0. The second-order valence-corrected chi connectivity index (χ2v) is 7.19. The van der Waals surface area contributed by atoms with Gasteiger partial charge < -0.3 is 14.6 Å². The molecule has 138 valence electrons. The minimum atomic E-state index is 0.00429. The largest absolute Gasteiger partial charge is 0.497 e. The van der Waals surface area contributed by atoms with Crippen LogP contribution in [0.5, 0.6) is 5.75 Å². The average molecular weight is 372 g/mol. The Morgan fingerprint density at radius 2 is 2.15 bits per heavy atom. The molecule has 1 N–H and O–H groups in total. The summed E-state index contributed by atoms with van der Waals surface area (Å²) in [6.45, 7) is 5.09. The second-order valence-electron chi connectivity index (χ2n) is 6.25. The summed E-state index contributed by atoms with van der Waals surface area (Å²) in [6.07, 6.45) is 4.98. The van der Waals surface area contributed by atoms with Crippen molar-refractivity contribution in [2.24, 2.45) is 0 Å². The SMILES string of the molecule is C=CCn1c(SCC(=O)NCCc2ccc(OC)cc2)nnc1C1CC1. The van der Waals surface area contributed by atoms with Crippen molar-refractivity contribution in [1.29, 1.82) is 0 Å². The summed E-state index contributed by atoms with van der Waals surface area (Å²) in [6, 6.07) is 7.88. The van der Waals surface area contributed by atoms with Crippen molar-refractivity contribution in [3.05, 3.63) is 48.3 Å². The highest BCUT2D eigenvalue weighted by Gasteiger charge is 2.30. The van der Waals surface area contributed by atoms with Crippen LogP contribution in [0.1, 0.15) is 30.1 Å². The predicted octanol–water partition coefficient (Wildman–Crippen LogP) is 2.80. The molecular formula is C19H24N4O2S. The molecule has 0 radical (unpaired) electrons. The smallest absolute Gasteiger partial charge is 0.230 e. The van der Waals surface area contributed by atoms with Gasteiger partial charge in [0.05, 0.1) is 12.9 Å². The van der Waals surface area contributed by atoms with Gasteiger partial charge in [-0.05, 0) is 37.0 Å². The van der Waals surface area contributed by atoms with Gasteiger partial charge in [-0.15, -0.1) is 16.8 Å². The lowest BCUT2D eigenvalue weighted by Gasteiger charge is -2.08. The number of aromatic nitrogens is 3. The molecule has 1 heterocycles. The van der Waals surface area contributed by atoms with Crippen LogP contribution in [-0.4, -0.2) is 40.1 Å². The summed E-state index contributed by atoms with van der Waals surface area (Å²) < 4.78 is 7.21. The topological polar surface area (TPSA) is 69.0 Å². The fourth-order valence-electron chi connectivity index (χ4n) is 2.67. The Kier molecular flexibility index (Phi) is 6.33. The summed E-state index contributed by atoms with van der Waals surface area (Å²) in [5, 5.41) is 12.3. The van der Waals surface area contributed by atoms with Crippen LogP contribution < -0.4 is 10.1 Å². The van der Waals surface area contributed by atoms with Crippen LogP contribution in [0.3, 0.4) is 0 Å². The Labute approximate surface area is 158 Å². The first kappa shape index (κ1) is 18.5. The summed E-state index contributed by atoms with van der Waals surface area (Å²) >= 11 is 1.43. The monoisotopic (exact) mass is 372 g/mol. The number of carbonyl (C=O) groups is 1. The van der Waals surface area contributed by atoms with Gasteiger partial charge in [0.15, 0.2) is 5.16 Å². The molecule has 0 unspecified atom stereocenters. The lowest BCUT2D eigenvalue weighted by molar-refractivity contribution is -0.118. The van der Waals surface area contributed by atoms with E-state index in [2.05, 4.69) is 26.7 Å². The highest BCUT2D eigenvalue weighted by atomic mass is 32.2. The summed E-state index contributed by atoms with van der Waals surface area (Å²) in [5.41, 5.74) is 1.17. The lowest BCUT2D eigenvalue weighted by atomic mass is 10.1. The summed E-state index contributed by atoms with van der Waals surface area (Å²) in [4.78, 5) is 12.1. The number of amides is 1. The number of hydrogen-bond donors (Lipinski definition) is 1. The van der Waals surface area contributed by atoms with Crippen molar-refractivity contribution in [2.75, 3.05) is 19.4 Å². The minimum absolute atomic E-state index is 0.00429. The molecule has 2 aromatic rings. The van der Waals surface area contributed by atoms with Crippen LogP contribution in [0, 0.1) is 0 Å². The maximum absolute atomic E-state index is 12.1. The quantitative estimate of drug-likeness (QED) is 0.513. The van der Waals surface area contributed by atoms with E-state index >= 15 is 0 Å². The molecule has 0 atom stereocenters. The number of thioether (sulfide) groups is 1. The fraction of sp³-hybridized carbons (Fsp3) is 0.421. The van der Waals surface area contributed by atoms with Crippen LogP contribution in [-0.2, 0) is 17.8 Å². The van der Waals surface area contributed by atoms with E-state index in [1.165, 1.54) is 30.2 Å². The van der Waals surface area contributed by atoms with Crippen LogP contribution >= 0.6 is 11.8 Å². The van der Waals surface area contributed by atoms with E-state index in [1.807, 2.05) is 30.3 Å². The van der Waals surface area contributed by atoms with Gasteiger partial charge >= 0.3 is 0 Å². The van der Waals surface area contributed by atoms with E-state index in [0.29, 0.717) is 24.8 Å². The van der Waals surface area contributed by atoms with Crippen molar-refractivity contribution in [3.8, 4) is 5.75 Å². The number of hydrogen-bond acceptors (Lipinski definition) is 5. The first-order chi connectivity index (χ1) is 12.7. The van der Waals surface area contributed by atoms with Crippen molar-refractivity contribution in [3.63, 3.8) is 0 Å². The van der Waals surface area contributed by atoms with Gasteiger partial charge in [-0.25, -0.2) is 0 Å². The normalized spacial score (nSPS) is 13.4. The molecule has 1 fully saturated rings. The molecule has 1 saturated carbocycles. The van der Waals surface area contributed by atoms with Gasteiger partial charge in [-0.2, -0.15) is 0 Å². The molecule has 26 heavy (non-hydrogen) atoms. The molecule has 1 aromatic heterocycles. The van der Waals surface area contributed by atoms with Gasteiger partial charge in [0.25, 0.3) is 0 Å². The van der Waals surface area contributed by atoms with E-state index in [1.54, 1.807) is 7.11 Å². The van der Waals surface area contributed by atoms with Gasteiger partial charge in [0, 0.05) is 19.0 Å². The van der Waals surface area contributed by atoms with Crippen LogP contribution in [0.25, 0.3) is 0 Å². The lowest BCUT2D eigenvalue weighted by Crippen LogP contribution is -2.27. The average Bonchev–Trinajstić information content (AvgIpc) is 3.43. The minimum Gasteiger partial charge on any atom is -0.497 e. The molecule has 3 rings (SSSR count). The van der Waals surface area contributed by atoms with Crippen molar-refractivity contribution < 1.29 is 9.53 Å². The third kappa shape index (κ3) is 4.88. The van der Waals surface area contributed by atoms with Crippen LogP contribution in [0.4, 0.5) is 0 Å². The first-order valence-electron chi connectivity index (χ1n) is 8.77. The molecule has 1 aliphatic carbocycles. The highest BCUT2D eigenvalue weighted by molar-refractivity contribution is 7.99. The standard InChI is InChI=1S/C19H24N4O2S/c1-3-12-23-18(15-6-7-15)21-22-19(23)26-13-17(24)20-11-10-14-4-8-16(25-2)9-5-14/h3-5,8-9,15H,1,6-7,10-13H2,2H3,(H,20,24). The van der Waals surface area contributed by atoms with Crippen molar-refractivity contribution in [2.45, 2.75) is 36.9 Å². The Morgan fingerprint density at radius 1 is 1.38 bits per heavy atom. The zero-order chi connectivity index (χ0) is 18.4. The number of nitrogens with one attached hydrogen (secondary N) is 1. The van der Waals surface area contributed by atoms with Gasteiger partial charge in [0.1, 0.15) is 11.6 Å². The molecule has 1 aliphatic rings. The maximum atomic E-state index is 12.1. The number of nitrogens with zero attached hydrogens (tertiary/aromatic N) is 3. The number of benzene rings is 1. The number of allylic oxidation sites excluding steroid dienone is 1. The van der Waals surface area contributed by atoms with E-state index < -0.39 is 0 Å². The summed E-state index contributed by atoms with van der Waals surface area (Å²) in [7, 11) is 1.65. The molecule has 1 aromatic carbocycles.